The molecule has 0 N–H and O–H groups in total. The Kier molecular flexibility index (Phi) is 5.88. The molecule has 1 atom stereocenters. The first-order valence-corrected chi connectivity index (χ1v) is 2.97. The minimum atomic E-state index is -0.423. The molecule has 56 valence electrons. The van der Waals surface area contributed by atoms with E-state index in [9.17, 15) is 4.39 Å². The highest BCUT2D eigenvalue weighted by Gasteiger charge is 1.98. The molecule has 0 amide bonds. The number of rotatable bonds is 5. The zero-order valence-electron chi connectivity index (χ0n) is 5.89. The third-order valence-corrected chi connectivity index (χ3v) is 0.881. The first-order chi connectivity index (χ1) is 4.31. The van der Waals surface area contributed by atoms with Crippen molar-refractivity contribution in [2.45, 2.75) is 13.0 Å². The summed E-state index contributed by atoms with van der Waals surface area (Å²) in [7, 11) is 1.59. The lowest BCUT2D eigenvalue weighted by molar-refractivity contribution is 0.00410. The Morgan fingerprint density at radius 1 is 1.56 bits per heavy atom. The fourth-order valence-electron chi connectivity index (χ4n) is 0.529. The van der Waals surface area contributed by atoms with Crippen LogP contribution in [0.3, 0.4) is 0 Å². The van der Waals surface area contributed by atoms with Gasteiger partial charge in [-0.15, -0.1) is 0 Å². The summed E-state index contributed by atoms with van der Waals surface area (Å²) in [5.41, 5.74) is 0. The summed E-state index contributed by atoms with van der Waals surface area (Å²) in [4.78, 5) is 0. The molecule has 0 radical (unpaired) electrons. The predicted molar refractivity (Wildman–Crippen MR) is 33.3 cm³/mol. The summed E-state index contributed by atoms with van der Waals surface area (Å²) in [6, 6.07) is 0. The molecule has 0 aliphatic heterocycles. The van der Waals surface area contributed by atoms with Crippen molar-refractivity contribution >= 4 is 0 Å². The monoisotopic (exact) mass is 136 g/mol. The second-order valence-corrected chi connectivity index (χ2v) is 1.83. The predicted octanol–water partition coefficient (Wildman–Crippen LogP) is 1.01. The van der Waals surface area contributed by atoms with Gasteiger partial charge in [0.15, 0.2) is 0 Å². The molecular formula is C6H13FO2. The standard InChI is InChI=1S/C6H13FO2/c1-6(5-8-2)9-4-3-7/h6H,3-5H2,1-2H3. The topological polar surface area (TPSA) is 18.5 Å². The first-order valence-electron chi connectivity index (χ1n) is 2.97. The molecule has 3 heteroatoms. The molecule has 0 rings (SSSR count). The summed E-state index contributed by atoms with van der Waals surface area (Å²) in [5, 5.41) is 0. The van der Waals surface area contributed by atoms with Crippen LogP contribution >= 0.6 is 0 Å². The van der Waals surface area contributed by atoms with Gasteiger partial charge in [0.2, 0.25) is 0 Å². The minimum absolute atomic E-state index is 0.00532. The average Bonchev–Trinajstić information content (AvgIpc) is 1.85. The zero-order chi connectivity index (χ0) is 7.11. The summed E-state index contributed by atoms with van der Waals surface area (Å²) in [5.74, 6) is 0. The first kappa shape index (κ1) is 8.85. The Bertz CT molecular complexity index is 59.0. The van der Waals surface area contributed by atoms with Crippen molar-refractivity contribution in [3.63, 3.8) is 0 Å². The quantitative estimate of drug-likeness (QED) is 0.561. The second kappa shape index (κ2) is 5.98. The molecule has 2 nitrogen and oxygen atoms in total. The van der Waals surface area contributed by atoms with Gasteiger partial charge in [0.05, 0.1) is 19.3 Å². The highest BCUT2D eigenvalue weighted by Crippen LogP contribution is 1.89. The van der Waals surface area contributed by atoms with Crippen LogP contribution in [0.2, 0.25) is 0 Å². The van der Waals surface area contributed by atoms with Crippen LogP contribution < -0.4 is 0 Å². The third-order valence-electron chi connectivity index (χ3n) is 0.881. The lowest BCUT2D eigenvalue weighted by Gasteiger charge is -2.09. The maximum atomic E-state index is 11.4. The Balaban J connectivity index is 2.95. The second-order valence-electron chi connectivity index (χ2n) is 1.83. The number of halogens is 1. The molecule has 0 aromatic heterocycles. The van der Waals surface area contributed by atoms with Gasteiger partial charge in [-0.25, -0.2) is 4.39 Å². The van der Waals surface area contributed by atoms with Crippen molar-refractivity contribution in [2.75, 3.05) is 27.0 Å². The molecule has 1 unspecified atom stereocenters. The number of hydrogen-bond donors (Lipinski definition) is 0. The maximum Gasteiger partial charge on any atom is 0.113 e. The van der Waals surface area contributed by atoms with Gasteiger partial charge in [-0.2, -0.15) is 0 Å². The summed E-state index contributed by atoms with van der Waals surface area (Å²) < 4.78 is 21.1. The van der Waals surface area contributed by atoms with Crippen LogP contribution in [0.1, 0.15) is 6.92 Å². The smallest absolute Gasteiger partial charge is 0.113 e. The van der Waals surface area contributed by atoms with Gasteiger partial charge in [-0.05, 0) is 6.92 Å². The van der Waals surface area contributed by atoms with Crippen LogP contribution in [0.15, 0.2) is 0 Å². The highest BCUT2D eigenvalue weighted by molar-refractivity contribution is 4.44. The molecule has 0 saturated carbocycles. The van der Waals surface area contributed by atoms with E-state index in [-0.39, 0.29) is 12.7 Å². The normalized spacial score (nSPS) is 13.7. The largest absolute Gasteiger partial charge is 0.382 e. The summed E-state index contributed by atoms with van der Waals surface area (Å²) >= 11 is 0. The van der Waals surface area contributed by atoms with E-state index in [4.69, 9.17) is 9.47 Å². The number of alkyl halides is 1. The van der Waals surface area contributed by atoms with E-state index in [1.54, 1.807) is 7.11 Å². The van der Waals surface area contributed by atoms with Gasteiger partial charge in [0, 0.05) is 7.11 Å². The summed E-state index contributed by atoms with van der Waals surface area (Å²) in [6.45, 7) is 2.12. The van der Waals surface area contributed by atoms with Crippen molar-refractivity contribution < 1.29 is 13.9 Å². The molecule has 9 heavy (non-hydrogen) atoms. The van der Waals surface area contributed by atoms with Crippen LogP contribution in [-0.2, 0) is 9.47 Å². The number of hydrogen-bond acceptors (Lipinski definition) is 2. The van der Waals surface area contributed by atoms with Crippen LogP contribution in [0.5, 0.6) is 0 Å². The summed E-state index contributed by atoms with van der Waals surface area (Å²) in [6.07, 6.45) is 0.00532. The fraction of sp³-hybridized carbons (Fsp3) is 1.00. The number of ether oxygens (including phenoxy) is 2. The lowest BCUT2D eigenvalue weighted by atomic mass is 10.4. The highest BCUT2D eigenvalue weighted by atomic mass is 19.1. The van der Waals surface area contributed by atoms with Crippen LogP contribution in [-0.4, -0.2) is 33.1 Å². The molecular weight excluding hydrogens is 123 g/mol. The molecule has 0 saturated heterocycles. The average molecular weight is 136 g/mol. The van der Waals surface area contributed by atoms with Crippen molar-refractivity contribution in [1.82, 2.24) is 0 Å². The van der Waals surface area contributed by atoms with E-state index in [1.165, 1.54) is 0 Å². The van der Waals surface area contributed by atoms with E-state index < -0.39 is 6.67 Å². The van der Waals surface area contributed by atoms with Crippen LogP contribution in [0, 0.1) is 0 Å². The van der Waals surface area contributed by atoms with E-state index in [1.807, 2.05) is 6.92 Å². The molecule has 0 heterocycles. The van der Waals surface area contributed by atoms with E-state index >= 15 is 0 Å². The molecule has 0 aliphatic rings. The fourth-order valence-corrected chi connectivity index (χ4v) is 0.529. The van der Waals surface area contributed by atoms with Crippen molar-refractivity contribution in [3.05, 3.63) is 0 Å². The van der Waals surface area contributed by atoms with E-state index in [0.717, 1.165) is 0 Å². The molecule has 0 fully saturated rings. The SMILES string of the molecule is COCC(C)OCCF. The Morgan fingerprint density at radius 3 is 2.67 bits per heavy atom. The molecule has 0 spiro atoms. The van der Waals surface area contributed by atoms with Gasteiger partial charge in [0.1, 0.15) is 6.67 Å². The molecule has 0 aliphatic carbocycles. The van der Waals surface area contributed by atoms with Crippen LogP contribution in [0.25, 0.3) is 0 Å². The zero-order valence-corrected chi connectivity index (χ0v) is 5.89. The van der Waals surface area contributed by atoms with Crippen molar-refractivity contribution in [3.8, 4) is 0 Å². The Labute approximate surface area is 55.0 Å². The molecule has 0 aromatic carbocycles. The van der Waals surface area contributed by atoms with Gasteiger partial charge >= 0.3 is 0 Å². The van der Waals surface area contributed by atoms with Gasteiger partial charge in [-0.3, -0.25) is 0 Å². The van der Waals surface area contributed by atoms with Crippen molar-refractivity contribution in [2.24, 2.45) is 0 Å². The maximum absolute atomic E-state index is 11.4. The van der Waals surface area contributed by atoms with Crippen LogP contribution in [0.4, 0.5) is 4.39 Å². The van der Waals surface area contributed by atoms with Gasteiger partial charge in [-0.1, -0.05) is 0 Å². The minimum Gasteiger partial charge on any atom is -0.382 e. The molecule has 0 aromatic rings. The van der Waals surface area contributed by atoms with Gasteiger partial charge in [0.25, 0.3) is 0 Å². The van der Waals surface area contributed by atoms with Gasteiger partial charge < -0.3 is 9.47 Å². The van der Waals surface area contributed by atoms with Crippen molar-refractivity contribution in [1.29, 1.82) is 0 Å². The lowest BCUT2D eigenvalue weighted by Crippen LogP contribution is -2.15. The Hall–Kier alpha value is -0.150. The Morgan fingerprint density at radius 2 is 2.22 bits per heavy atom. The van der Waals surface area contributed by atoms with E-state index in [2.05, 4.69) is 0 Å². The number of methoxy groups -OCH3 is 1. The molecule has 0 bridgehead atoms. The van der Waals surface area contributed by atoms with E-state index in [0.29, 0.717) is 6.61 Å². The third kappa shape index (κ3) is 5.73.